The van der Waals surface area contributed by atoms with Crippen molar-refractivity contribution >= 4 is 58.1 Å². The SMILES string of the molecule is O=C(CCSc1cccc2c1CN(C1CCC(=O)NC1=O)C2=O)NCCOc1ccc(C(=C(CCCl)c2ccccc2)c2ccc(O)cc2)cc1. The lowest BCUT2D eigenvalue weighted by Crippen LogP contribution is -2.52. The van der Waals surface area contributed by atoms with Gasteiger partial charge in [-0.2, -0.15) is 0 Å². The number of halogens is 1. The molecule has 11 heteroatoms. The number of nitrogens with one attached hydrogen (secondary N) is 2. The van der Waals surface area contributed by atoms with Crippen LogP contribution in [0.25, 0.3) is 11.1 Å². The minimum absolute atomic E-state index is 0.105. The fourth-order valence-corrected chi connectivity index (χ4v) is 7.62. The summed E-state index contributed by atoms with van der Waals surface area (Å²) in [5.74, 6) is 0.766. The molecule has 262 valence electrons. The van der Waals surface area contributed by atoms with Gasteiger partial charge < -0.3 is 20.1 Å². The molecule has 1 atom stereocenters. The topological polar surface area (TPSA) is 125 Å². The standard InChI is InChI=1S/C40H38ClN3O6S/c41-21-19-31(26-5-2-1-3-6-26)38(27-9-13-29(45)14-10-27)28-11-15-30(16-12-28)50-23-22-42-36(46)20-24-51-35-8-4-7-32-33(35)25-44(40(32)49)34-17-18-37(47)43-39(34)48/h1-16,34,45H,17-25H2,(H,42,46)(H,43,47,48). The maximum Gasteiger partial charge on any atom is 0.255 e. The molecule has 4 aromatic carbocycles. The third kappa shape index (κ3) is 8.64. The number of allylic oxidation sites excluding steroid dienone is 1. The lowest BCUT2D eigenvalue weighted by Gasteiger charge is -2.29. The van der Waals surface area contributed by atoms with Gasteiger partial charge in [-0.25, -0.2) is 0 Å². The zero-order valence-corrected chi connectivity index (χ0v) is 29.5. The Morgan fingerprint density at radius 1 is 0.902 bits per heavy atom. The highest BCUT2D eigenvalue weighted by Crippen LogP contribution is 2.37. The fourth-order valence-electron chi connectivity index (χ4n) is 6.40. The lowest BCUT2D eigenvalue weighted by atomic mass is 9.88. The molecule has 0 radical (unpaired) electrons. The molecule has 4 amide bonds. The molecule has 4 aromatic rings. The summed E-state index contributed by atoms with van der Waals surface area (Å²) in [4.78, 5) is 52.1. The van der Waals surface area contributed by atoms with E-state index in [2.05, 4.69) is 22.8 Å². The number of phenolic OH excluding ortho intramolecular Hbond substituents is 1. The van der Waals surface area contributed by atoms with Gasteiger partial charge in [-0.15, -0.1) is 23.4 Å². The van der Waals surface area contributed by atoms with Crippen LogP contribution in [0, 0.1) is 0 Å². The number of fused-ring (bicyclic) bond motifs is 1. The smallest absolute Gasteiger partial charge is 0.255 e. The summed E-state index contributed by atoms with van der Waals surface area (Å²) in [5.41, 5.74) is 6.56. The van der Waals surface area contributed by atoms with Crippen LogP contribution in [0.15, 0.2) is 102 Å². The van der Waals surface area contributed by atoms with E-state index in [0.717, 1.165) is 38.3 Å². The molecule has 0 saturated carbocycles. The summed E-state index contributed by atoms with van der Waals surface area (Å²) in [6.45, 7) is 0.934. The average Bonchev–Trinajstić information content (AvgIpc) is 3.48. The fraction of sp³-hybridized carbons (Fsp3) is 0.250. The molecular formula is C40H38ClN3O6S. The van der Waals surface area contributed by atoms with E-state index in [1.807, 2.05) is 66.7 Å². The summed E-state index contributed by atoms with van der Waals surface area (Å²) in [6, 6.07) is 29.9. The summed E-state index contributed by atoms with van der Waals surface area (Å²) < 4.78 is 5.94. The lowest BCUT2D eigenvalue weighted by molar-refractivity contribution is -0.137. The second-order valence-corrected chi connectivity index (χ2v) is 13.7. The summed E-state index contributed by atoms with van der Waals surface area (Å²) in [7, 11) is 0. The van der Waals surface area contributed by atoms with E-state index in [1.54, 1.807) is 18.2 Å². The first kappa shape index (κ1) is 35.8. The number of aromatic hydroxyl groups is 1. The van der Waals surface area contributed by atoms with Gasteiger partial charge >= 0.3 is 0 Å². The van der Waals surface area contributed by atoms with Gasteiger partial charge in [0.15, 0.2) is 0 Å². The van der Waals surface area contributed by atoms with E-state index in [-0.39, 0.29) is 36.3 Å². The number of carbonyl (C=O) groups excluding carboxylic acids is 4. The van der Waals surface area contributed by atoms with Crippen molar-refractivity contribution < 1.29 is 29.0 Å². The number of phenols is 1. The number of rotatable bonds is 14. The normalized spacial score (nSPS) is 16.0. The van der Waals surface area contributed by atoms with Gasteiger partial charge in [0, 0.05) is 41.5 Å². The highest BCUT2D eigenvalue weighted by atomic mass is 35.5. The maximum atomic E-state index is 13.1. The molecule has 2 aliphatic heterocycles. The molecular weight excluding hydrogens is 686 g/mol. The second kappa shape index (κ2) is 16.8. The first-order valence-electron chi connectivity index (χ1n) is 16.9. The summed E-state index contributed by atoms with van der Waals surface area (Å²) in [5, 5.41) is 15.2. The van der Waals surface area contributed by atoms with Gasteiger partial charge in [-0.1, -0.05) is 60.7 Å². The quantitative estimate of drug-likeness (QED) is 0.0451. The van der Waals surface area contributed by atoms with E-state index < -0.39 is 11.9 Å². The van der Waals surface area contributed by atoms with Gasteiger partial charge in [0.25, 0.3) is 5.91 Å². The highest BCUT2D eigenvalue weighted by molar-refractivity contribution is 7.99. The molecule has 0 aliphatic carbocycles. The van der Waals surface area contributed by atoms with Crippen LogP contribution in [0.2, 0.25) is 0 Å². The van der Waals surface area contributed by atoms with Gasteiger partial charge in [0.2, 0.25) is 17.7 Å². The molecule has 0 aromatic heterocycles. The van der Waals surface area contributed by atoms with Gasteiger partial charge in [0.05, 0.1) is 6.54 Å². The van der Waals surface area contributed by atoms with E-state index in [0.29, 0.717) is 55.5 Å². The Morgan fingerprint density at radius 2 is 1.63 bits per heavy atom. The van der Waals surface area contributed by atoms with Crippen molar-refractivity contribution in [2.24, 2.45) is 0 Å². The van der Waals surface area contributed by atoms with Crippen LogP contribution in [0.5, 0.6) is 11.5 Å². The van der Waals surface area contributed by atoms with Crippen LogP contribution in [-0.4, -0.2) is 64.5 Å². The van der Waals surface area contributed by atoms with Crippen molar-refractivity contribution in [1.82, 2.24) is 15.5 Å². The Bertz CT molecular complexity index is 1930. The predicted molar refractivity (Wildman–Crippen MR) is 199 cm³/mol. The Morgan fingerprint density at radius 3 is 2.33 bits per heavy atom. The average molecular weight is 724 g/mol. The Kier molecular flexibility index (Phi) is 11.8. The number of piperidine rings is 1. The minimum atomic E-state index is -0.667. The molecule has 1 saturated heterocycles. The van der Waals surface area contributed by atoms with E-state index in [1.165, 1.54) is 16.7 Å². The number of ether oxygens (including phenoxy) is 1. The van der Waals surface area contributed by atoms with Crippen LogP contribution in [0.3, 0.4) is 0 Å². The number of thioether (sulfide) groups is 1. The number of nitrogens with zero attached hydrogens (tertiary/aromatic N) is 1. The minimum Gasteiger partial charge on any atom is -0.508 e. The van der Waals surface area contributed by atoms with Crippen LogP contribution in [-0.2, 0) is 20.9 Å². The van der Waals surface area contributed by atoms with E-state index in [4.69, 9.17) is 16.3 Å². The van der Waals surface area contributed by atoms with Crippen LogP contribution in [0.4, 0.5) is 0 Å². The van der Waals surface area contributed by atoms with Crippen LogP contribution in [0.1, 0.15) is 58.3 Å². The molecule has 9 nitrogen and oxygen atoms in total. The number of hydrogen-bond donors (Lipinski definition) is 3. The number of hydrogen-bond acceptors (Lipinski definition) is 7. The first-order chi connectivity index (χ1) is 24.8. The number of amides is 4. The molecule has 2 aliphatic rings. The molecule has 1 fully saturated rings. The third-order valence-corrected chi connectivity index (χ3v) is 10.2. The van der Waals surface area contributed by atoms with Gasteiger partial charge in [-0.3, -0.25) is 24.5 Å². The molecule has 3 N–H and O–H groups in total. The van der Waals surface area contributed by atoms with Crippen molar-refractivity contribution in [2.75, 3.05) is 24.8 Å². The van der Waals surface area contributed by atoms with Gasteiger partial charge in [-0.05, 0) is 82.6 Å². The number of benzene rings is 4. The van der Waals surface area contributed by atoms with Crippen molar-refractivity contribution in [1.29, 1.82) is 0 Å². The summed E-state index contributed by atoms with van der Waals surface area (Å²) in [6.07, 6.45) is 1.46. The zero-order valence-electron chi connectivity index (χ0n) is 27.9. The maximum absolute atomic E-state index is 13.1. The monoisotopic (exact) mass is 723 g/mol. The van der Waals surface area contributed by atoms with Crippen molar-refractivity contribution in [3.8, 4) is 11.5 Å². The molecule has 2 heterocycles. The Hall–Kier alpha value is -5.06. The highest BCUT2D eigenvalue weighted by Gasteiger charge is 2.39. The second-order valence-electron chi connectivity index (χ2n) is 12.2. The Balaban J connectivity index is 1.00. The third-order valence-electron chi connectivity index (χ3n) is 8.89. The van der Waals surface area contributed by atoms with Gasteiger partial charge in [0.1, 0.15) is 24.1 Å². The van der Waals surface area contributed by atoms with Crippen LogP contribution < -0.4 is 15.4 Å². The molecule has 6 rings (SSSR count). The van der Waals surface area contributed by atoms with E-state index >= 15 is 0 Å². The molecule has 0 bridgehead atoms. The largest absolute Gasteiger partial charge is 0.508 e. The van der Waals surface area contributed by atoms with E-state index in [9.17, 15) is 24.3 Å². The Labute approximate surface area is 306 Å². The number of carbonyl (C=O) groups is 4. The zero-order chi connectivity index (χ0) is 35.7. The first-order valence-corrected chi connectivity index (χ1v) is 18.4. The van der Waals surface area contributed by atoms with Crippen LogP contribution >= 0.6 is 23.4 Å². The molecule has 1 unspecified atom stereocenters. The predicted octanol–water partition coefficient (Wildman–Crippen LogP) is 6.42. The number of alkyl halides is 1. The van der Waals surface area contributed by atoms with Crippen molar-refractivity contribution in [2.45, 2.75) is 43.2 Å². The van der Waals surface area contributed by atoms with Crippen molar-refractivity contribution in [3.63, 3.8) is 0 Å². The summed E-state index contributed by atoms with van der Waals surface area (Å²) >= 11 is 7.77. The molecule has 0 spiro atoms. The number of imide groups is 1. The van der Waals surface area contributed by atoms with Crippen molar-refractivity contribution in [3.05, 3.63) is 125 Å². The molecule has 51 heavy (non-hydrogen) atoms.